The van der Waals surface area contributed by atoms with Crippen molar-refractivity contribution in [1.29, 1.82) is 0 Å². The minimum atomic E-state index is -0.762. The molecule has 2 atom stereocenters. The van der Waals surface area contributed by atoms with E-state index in [-0.39, 0.29) is 6.04 Å². The van der Waals surface area contributed by atoms with Crippen molar-refractivity contribution in [3.8, 4) is 0 Å². The van der Waals surface area contributed by atoms with E-state index in [1.54, 1.807) is 6.08 Å². The number of rotatable bonds is 7. The summed E-state index contributed by atoms with van der Waals surface area (Å²) in [5, 5.41) is 9.02. The van der Waals surface area contributed by atoms with E-state index in [1.165, 1.54) is 0 Å². The molecule has 3 heteroatoms. The van der Waals surface area contributed by atoms with Crippen LogP contribution in [0.3, 0.4) is 0 Å². The van der Waals surface area contributed by atoms with E-state index in [9.17, 15) is 4.79 Å². The van der Waals surface area contributed by atoms with Crippen LogP contribution in [0.25, 0.3) is 0 Å². The molecular formula is C13H25NO2. The minimum absolute atomic E-state index is 0.0333. The zero-order valence-corrected chi connectivity index (χ0v) is 10.8. The Hall–Kier alpha value is -0.830. The van der Waals surface area contributed by atoms with Gasteiger partial charge in [-0.25, -0.2) is 0 Å². The predicted molar refractivity (Wildman–Crippen MR) is 67.2 cm³/mol. The Morgan fingerprint density at radius 1 is 1.12 bits per heavy atom. The fourth-order valence-corrected chi connectivity index (χ4v) is 1.67. The lowest BCUT2D eigenvalue weighted by Crippen LogP contribution is -2.21. The molecule has 0 aliphatic carbocycles. The van der Waals surface area contributed by atoms with Gasteiger partial charge in [0, 0.05) is 6.04 Å². The minimum Gasteiger partial charge on any atom is -0.481 e. The summed E-state index contributed by atoms with van der Waals surface area (Å²) in [6.07, 6.45) is 5.14. The summed E-state index contributed by atoms with van der Waals surface area (Å²) in [6.45, 7) is 8.27. The second-order valence-corrected chi connectivity index (χ2v) is 5.25. The van der Waals surface area contributed by atoms with Crippen molar-refractivity contribution in [3.05, 3.63) is 12.2 Å². The summed E-state index contributed by atoms with van der Waals surface area (Å²) in [5.74, 6) is -0.250. The fraction of sp³-hybridized carbons (Fsp3) is 0.769. The fourth-order valence-electron chi connectivity index (χ4n) is 1.67. The first-order chi connectivity index (χ1) is 7.32. The Morgan fingerprint density at radius 2 is 1.62 bits per heavy atom. The van der Waals surface area contributed by atoms with Gasteiger partial charge in [0.15, 0.2) is 0 Å². The second-order valence-electron chi connectivity index (χ2n) is 5.25. The Bertz CT molecular complexity index is 234. The molecule has 1 unspecified atom stereocenters. The van der Waals surface area contributed by atoms with Crippen LogP contribution in [0.5, 0.6) is 0 Å². The normalized spacial score (nSPS) is 15.9. The van der Waals surface area contributed by atoms with Crippen LogP contribution in [0.2, 0.25) is 0 Å². The second kappa shape index (κ2) is 7.44. The van der Waals surface area contributed by atoms with Crippen molar-refractivity contribution in [2.45, 2.75) is 46.6 Å². The van der Waals surface area contributed by atoms with Crippen molar-refractivity contribution in [2.75, 3.05) is 0 Å². The zero-order valence-electron chi connectivity index (χ0n) is 10.8. The Kier molecular flexibility index (Phi) is 7.06. The lowest BCUT2D eigenvalue weighted by atomic mass is 9.95. The average molecular weight is 227 g/mol. The largest absolute Gasteiger partial charge is 0.481 e. The van der Waals surface area contributed by atoms with Crippen LogP contribution in [0.1, 0.15) is 40.5 Å². The molecule has 0 bridgehead atoms. The van der Waals surface area contributed by atoms with Crippen molar-refractivity contribution >= 4 is 5.97 Å². The quantitative estimate of drug-likeness (QED) is 0.657. The number of carboxylic acid groups (broad SMARTS) is 1. The molecule has 0 fully saturated rings. The highest BCUT2D eigenvalue weighted by Crippen LogP contribution is 2.14. The molecule has 0 aliphatic heterocycles. The van der Waals surface area contributed by atoms with E-state index in [4.69, 9.17) is 10.8 Å². The Labute approximate surface area is 98.7 Å². The SMILES string of the molecule is CC(C)CC(N)/C=C\[C@H](CC(C)C)C(=O)O. The zero-order chi connectivity index (χ0) is 12.7. The summed E-state index contributed by atoms with van der Waals surface area (Å²) >= 11 is 0. The number of hydrogen-bond acceptors (Lipinski definition) is 2. The first kappa shape index (κ1) is 15.2. The summed E-state index contributed by atoms with van der Waals surface area (Å²) < 4.78 is 0. The van der Waals surface area contributed by atoms with Crippen molar-refractivity contribution in [3.63, 3.8) is 0 Å². The van der Waals surface area contributed by atoms with Gasteiger partial charge in [0.2, 0.25) is 0 Å². The highest BCUT2D eigenvalue weighted by Gasteiger charge is 2.15. The molecule has 0 radical (unpaired) electrons. The maximum Gasteiger partial charge on any atom is 0.310 e. The van der Waals surface area contributed by atoms with E-state index in [0.29, 0.717) is 18.3 Å². The molecule has 0 amide bonds. The van der Waals surface area contributed by atoms with Crippen LogP contribution in [-0.4, -0.2) is 17.1 Å². The van der Waals surface area contributed by atoms with Gasteiger partial charge in [-0.1, -0.05) is 39.8 Å². The molecule has 16 heavy (non-hydrogen) atoms. The molecular weight excluding hydrogens is 202 g/mol. The van der Waals surface area contributed by atoms with E-state index in [1.807, 2.05) is 19.9 Å². The number of aliphatic carboxylic acids is 1. The maximum absolute atomic E-state index is 11.0. The molecule has 3 nitrogen and oxygen atoms in total. The molecule has 3 N–H and O–H groups in total. The average Bonchev–Trinajstić information content (AvgIpc) is 2.09. The number of carboxylic acids is 1. The summed E-state index contributed by atoms with van der Waals surface area (Å²) in [4.78, 5) is 11.0. The van der Waals surface area contributed by atoms with Crippen LogP contribution >= 0.6 is 0 Å². The summed E-state index contributed by atoms with van der Waals surface area (Å²) in [7, 11) is 0. The van der Waals surface area contributed by atoms with Crippen LogP contribution < -0.4 is 5.73 Å². The highest BCUT2D eigenvalue weighted by molar-refractivity contribution is 5.72. The first-order valence-corrected chi connectivity index (χ1v) is 5.99. The van der Waals surface area contributed by atoms with Gasteiger partial charge in [-0.05, 0) is 24.7 Å². The third kappa shape index (κ3) is 7.46. The van der Waals surface area contributed by atoms with Crippen molar-refractivity contribution in [1.82, 2.24) is 0 Å². The molecule has 0 aromatic heterocycles. The predicted octanol–water partition coefficient (Wildman–Crippen LogP) is 2.66. The maximum atomic E-state index is 11.0. The molecule has 94 valence electrons. The molecule has 0 heterocycles. The van der Waals surface area contributed by atoms with E-state index < -0.39 is 11.9 Å². The summed E-state index contributed by atoms with van der Waals surface area (Å²) in [6, 6.07) is -0.0333. The molecule has 0 saturated carbocycles. The van der Waals surface area contributed by atoms with Gasteiger partial charge in [0.05, 0.1) is 5.92 Å². The standard InChI is InChI=1S/C13H25NO2/c1-9(2)7-11(13(15)16)5-6-12(14)8-10(3)4/h5-6,9-12H,7-8,14H2,1-4H3,(H,15,16)/b6-5-/t11-,12?/m1/s1. The van der Waals surface area contributed by atoms with Crippen LogP contribution in [0, 0.1) is 17.8 Å². The third-order valence-corrected chi connectivity index (χ3v) is 2.38. The van der Waals surface area contributed by atoms with Gasteiger partial charge < -0.3 is 10.8 Å². The van der Waals surface area contributed by atoms with Crippen LogP contribution in [-0.2, 0) is 4.79 Å². The molecule has 0 saturated heterocycles. The molecule has 0 aliphatic rings. The lowest BCUT2D eigenvalue weighted by Gasteiger charge is -2.13. The molecule has 0 aromatic rings. The van der Waals surface area contributed by atoms with Gasteiger partial charge in [-0.3, -0.25) is 4.79 Å². The smallest absolute Gasteiger partial charge is 0.310 e. The van der Waals surface area contributed by atoms with Gasteiger partial charge in [0.1, 0.15) is 0 Å². The van der Waals surface area contributed by atoms with E-state index in [2.05, 4.69) is 13.8 Å². The molecule has 0 aromatic carbocycles. The number of nitrogens with two attached hydrogens (primary N) is 1. The molecule has 0 rings (SSSR count). The van der Waals surface area contributed by atoms with E-state index in [0.717, 1.165) is 6.42 Å². The monoisotopic (exact) mass is 227 g/mol. The number of hydrogen-bond donors (Lipinski definition) is 2. The topological polar surface area (TPSA) is 63.3 Å². The van der Waals surface area contributed by atoms with Crippen LogP contribution in [0.4, 0.5) is 0 Å². The summed E-state index contributed by atoms with van der Waals surface area (Å²) in [5.41, 5.74) is 5.87. The van der Waals surface area contributed by atoms with Crippen molar-refractivity contribution in [2.24, 2.45) is 23.5 Å². The van der Waals surface area contributed by atoms with Gasteiger partial charge >= 0.3 is 5.97 Å². The number of carbonyl (C=O) groups is 1. The van der Waals surface area contributed by atoms with Crippen LogP contribution in [0.15, 0.2) is 12.2 Å². The Morgan fingerprint density at radius 3 is 2.00 bits per heavy atom. The third-order valence-electron chi connectivity index (χ3n) is 2.38. The van der Waals surface area contributed by atoms with Crippen molar-refractivity contribution < 1.29 is 9.90 Å². The van der Waals surface area contributed by atoms with Gasteiger partial charge in [-0.2, -0.15) is 0 Å². The lowest BCUT2D eigenvalue weighted by molar-refractivity contribution is -0.140. The Balaban J connectivity index is 4.27. The molecule has 0 spiro atoms. The highest BCUT2D eigenvalue weighted by atomic mass is 16.4. The van der Waals surface area contributed by atoms with Gasteiger partial charge in [0.25, 0.3) is 0 Å². The van der Waals surface area contributed by atoms with Gasteiger partial charge in [-0.15, -0.1) is 0 Å². The first-order valence-electron chi connectivity index (χ1n) is 5.99. The van der Waals surface area contributed by atoms with E-state index >= 15 is 0 Å².